The molecule has 0 amide bonds. The summed E-state index contributed by atoms with van der Waals surface area (Å²) in [5.41, 5.74) is 0. The summed E-state index contributed by atoms with van der Waals surface area (Å²) in [5, 5.41) is 0. The van der Waals surface area contributed by atoms with Gasteiger partial charge < -0.3 is 43.2 Å². The van der Waals surface area contributed by atoms with Gasteiger partial charge in [-0.2, -0.15) is 0 Å². The van der Waals surface area contributed by atoms with Gasteiger partial charge in [-0.1, -0.05) is 0 Å². The van der Waals surface area contributed by atoms with Gasteiger partial charge in [-0.3, -0.25) is 0 Å². The van der Waals surface area contributed by atoms with Crippen LogP contribution in [-0.2, 0) is 9.13 Å². The predicted molar refractivity (Wildman–Crippen MR) is 38.0 cm³/mol. The second-order valence-electron chi connectivity index (χ2n) is 1.03. The normalized spacial score (nSPS) is 8.43. The van der Waals surface area contributed by atoms with E-state index in [9.17, 15) is 0 Å². The van der Waals surface area contributed by atoms with Gasteiger partial charge >= 0.3 is 74.8 Å². The first-order chi connectivity index (χ1) is 4.00. The van der Waals surface area contributed by atoms with E-state index in [0.717, 1.165) is 0 Å². The van der Waals surface area contributed by atoms with Gasteiger partial charge in [0.25, 0.3) is 0 Å². The SMILES string of the molecule is O.O.O=P(O)(O)O.O=P(O)(O)O.[H-].[H-].[Na+].[Na+]. The minimum absolute atomic E-state index is 0. The number of hydrogen-bond acceptors (Lipinski definition) is 2. The Labute approximate surface area is 126 Å². The molecule has 10 N–H and O–H groups in total. The molecule has 0 aromatic carbocycles. The van der Waals surface area contributed by atoms with Crippen molar-refractivity contribution in [3.63, 3.8) is 0 Å². The summed E-state index contributed by atoms with van der Waals surface area (Å²) in [6, 6.07) is 0. The van der Waals surface area contributed by atoms with Crippen LogP contribution >= 0.6 is 15.6 Å². The first kappa shape index (κ1) is 36.0. The Balaban J connectivity index is -0.00000000970. The molecule has 0 unspecified atom stereocenters. The van der Waals surface area contributed by atoms with Crippen molar-refractivity contribution in [3.05, 3.63) is 0 Å². The van der Waals surface area contributed by atoms with Crippen molar-refractivity contribution in [3.8, 4) is 0 Å². The first-order valence-electron chi connectivity index (χ1n) is 1.57. The van der Waals surface area contributed by atoms with Crippen LogP contribution in [0.25, 0.3) is 0 Å². The van der Waals surface area contributed by atoms with E-state index < -0.39 is 15.6 Å². The summed E-state index contributed by atoms with van der Waals surface area (Å²) in [4.78, 5) is 43.1. The van der Waals surface area contributed by atoms with Crippen LogP contribution < -0.4 is 59.1 Å². The Kier molecular flexibility index (Phi) is 38.9. The van der Waals surface area contributed by atoms with E-state index in [0.29, 0.717) is 0 Å². The Hall–Kier alpha value is 2.14. The predicted octanol–water partition coefficient (Wildman–Crippen LogP) is -9.27. The van der Waals surface area contributed by atoms with Crippen molar-refractivity contribution in [1.29, 1.82) is 0 Å². The number of rotatable bonds is 0. The molecule has 84 valence electrons. The molecule has 0 saturated heterocycles. The van der Waals surface area contributed by atoms with Crippen molar-refractivity contribution in [2.24, 2.45) is 0 Å². The molecule has 14 heavy (non-hydrogen) atoms. The molecule has 0 saturated carbocycles. The zero-order valence-corrected chi connectivity index (χ0v) is 13.2. The van der Waals surface area contributed by atoms with E-state index in [2.05, 4.69) is 0 Å². The first-order valence-corrected chi connectivity index (χ1v) is 4.70. The van der Waals surface area contributed by atoms with E-state index in [-0.39, 0.29) is 72.9 Å². The molecule has 0 spiro atoms. The smallest absolute Gasteiger partial charge is 1.00 e. The number of hydrogen-bond donors (Lipinski definition) is 6. The average Bonchev–Trinajstić information content (AvgIpc) is 1.12. The second-order valence-corrected chi connectivity index (χ2v) is 3.08. The molecule has 0 aromatic heterocycles. The molecule has 10 nitrogen and oxygen atoms in total. The Bertz CT molecular complexity index is 137. The molecule has 0 aromatic rings. The van der Waals surface area contributed by atoms with E-state index in [1.54, 1.807) is 0 Å². The number of phosphoric acid groups is 2. The maximum atomic E-state index is 8.88. The molecular formula is H12Na2O10P2. The van der Waals surface area contributed by atoms with Crippen molar-refractivity contribution in [1.82, 2.24) is 0 Å². The molecule has 0 radical (unpaired) electrons. The van der Waals surface area contributed by atoms with E-state index in [4.69, 9.17) is 38.5 Å². The van der Waals surface area contributed by atoms with Gasteiger partial charge in [-0.15, -0.1) is 0 Å². The zero-order valence-electron chi connectivity index (χ0n) is 9.39. The van der Waals surface area contributed by atoms with Crippen molar-refractivity contribution >= 4 is 15.6 Å². The fourth-order valence-corrected chi connectivity index (χ4v) is 0. The molecule has 0 heterocycles. The Morgan fingerprint density at radius 3 is 0.643 bits per heavy atom. The van der Waals surface area contributed by atoms with Crippen LogP contribution in [-0.4, -0.2) is 40.3 Å². The van der Waals surface area contributed by atoms with Gasteiger partial charge in [0.15, 0.2) is 0 Å². The van der Waals surface area contributed by atoms with Crippen LogP contribution in [0.3, 0.4) is 0 Å². The molecule has 0 aliphatic carbocycles. The molecule has 0 atom stereocenters. The summed E-state index contributed by atoms with van der Waals surface area (Å²) in [6.45, 7) is 0. The largest absolute Gasteiger partial charge is 1.00 e. The summed E-state index contributed by atoms with van der Waals surface area (Å²) in [5.74, 6) is 0. The van der Waals surface area contributed by atoms with Gasteiger partial charge in [-0.25, -0.2) is 9.13 Å². The third kappa shape index (κ3) is 533. The average molecular weight is 280 g/mol. The van der Waals surface area contributed by atoms with E-state index >= 15 is 0 Å². The monoisotopic (exact) mass is 280 g/mol. The van der Waals surface area contributed by atoms with Crippen molar-refractivity contribution in [2.45, 2.75) is 0 Å². The fraction of sp³-hybridized carbons (Fsp3) is 0. The van der Waals surface area contributed by atoms with Gasteiger partial charge in [0, 0.05) is 0 Å². The third-order valence-electron chi connectivity index (χ3n) is 0. The Morgan fingerprint density at radius 2 is 0.643 bits per heavy atom. The van der Waals surface area contributed by atoms with Gasteiger partial charge in [0.2, 0.25) is 0 Å². The molecule has 0 aliphatic rings. The van der Waals surface area contributed by atoms with Gasteiger partial charge in [-0.05, 0) is 0 Å². The summed E-state index contributed by atoms with van der Waals surface area (Å²) in [7, 11) is -9.28. The van der Waals surface area contributed by atoms with Crippen LogP contribution in [0.1, 0.15) is 2.85 Å². The van der Waals surface area contributed by atoms with Crippen LogP contribution in [0.4, 0.5) is 0 Å². The van der Waals surface area contributed by atoms with Crippen LogP contribution in [0.2, 0.25) is 0 Å². The maximum Gasteiger partial charge on any atom is 1.00 e. The van der Waals surface area contributed by atoms with Gasteiger partial charge in [0.05, 0.1) is 0 Å². The summed E-state index contributed by atoms with van der Waals surface area (Å²) in [6.07, 6.45) is 0. The Morgan fingerprint density at radius 1 is 0.643 bits per heavy atom. The minimum atomic E-state index is -4.64. The third-order valence-corrected chi connectivity index (χ3v) is 0. The molecule has 0 aliphatic heterocycles. The summed E-state index contributed by atoms with van der Waals surface area (Å²) >= 11 is 0. The van der Waals surface area contributed by atoms with E-state index in [1.165, 1.54) is 0 Å². The molecule has 0 rings (SSSR count). The fourth-order valence-electron chi connectivity index (χ4n) is 0. The summed E-state index contributed by atoms with van der Waals surface area (Å²) < 4.78 is 17.8. The van der Waals surface area contributed by atoms with E-state index in [1.807, 2.05) is 0 Å². The maximum absolute atomic E-state index is 8.88. The van der Waals surface area contributed by atoms with Crippen LogP contribution in [0.5, 0.6) is 0 Å². The van der Waals surface area contributed by atoms with Crippen molar-refractivity contribution < 1.29 is 111 Å². The quantitative estimate of drug-likeness (QED) is 0.184. The molecule has 0 fully saturated rings. The van der Waals surface area contributed by atoms with Gasteiger partial charge in [0.1, 0.15) is 0 Å². The molecule has 14 heteroatoms. The molecular weight excluding hydrogens is 268 g/mol. The minimum Gasteiger partial charge on any atom is -1.00 e. The molecule has 0 bridgehead atoms. The zero-order chi connectivity index (χ0) is 9.00. The van der Waals surface area contributed by atoms with Crippen molar-refractivity contribution in [2.75, 3.05) is 0 Å². The topological polar surface area (TPSA) is 219 Å². The standard InChI is InChI=1S/2Na.2H3O4P.2H2O.2H/c;;2*1-5(2,3)4;;;;/h;;2*(H3,1,2,3,4);2*1H2;;/q2*+1;;;;;2*-1. The second kappa shape index (κ2) is 15.1. The van der Waals surface area contributed by atoms with Crippen LogP contribution in [0, 0.1) is 0 Å². The van der Waals surface area contributed by atoms with Crippen LogP contribution in [0.15, 0.2) is 0 Å².